The summed E-state index contributed by atoms with van der Waals surface area (Å²) in [5.41, 5.74) is 33.0. The van der Waals surface area contributed by atoms with Gasteiger partial charge in [-0.25, -0.2) is 0 Å². The number of aromatic nitrogens is 3. The van der Waals surface area contributed by atoms with Crippen LogP contribution in [0.5, 0.6) is 0 Å². The normalized spacial score (nSPS) is 14.8. The molecule has 3 heterocycles. The third-order valence-electron chi connectivity index (χ3n) is 23.0. The van der Waals surface area contributed by atoms with Crippen molar-refractivity contribution >= 4 is 34.2 Å². The minimum absolute atomic E-state index is 0. The van der Waals surface area contributed by atoms with Gasteiger partial charge in [0.15, 0.2) is 0 Å². The van der Waals surface area contributed by atoms with E-state index in [1.54, 1.807) is 0 Å². The van der Waals surface area contributed by atoms with Crippen LogP contribution in [0.1, 0.15) is 98.3 Å². The molecule has 12 aromatic carbocycles. The van der Waals surface area contributed by atoms with Crippen LogP contribution in [0.3, 0.4) is 0 Å². The van der Waals surface area contributed by atoms with Crippen LogP contribution < -0.4 is 0 Å². The van der Waals surface area contributed by atoms with Gasteiger partial charge in [0.25, 0.3) is 0 Å². The third-order valence-corrected chi connectivity index (χ3v) is 23.0. The predicted molar refractivity (Wildman–Crippen MR) is 493 cm³/mol. The van der Waals surface area contributed by atoms with E-state index in [1.165, 1.54) is 0 Å². The summed E-state index contributed by atoms with van der Waals surface area (Å²) in [5, 5.41) is 0. The number of benzene rings is 12. The van der Waals surface area contributed by atoms with Crippen LogP contribution in [0.2, 0.25) is 0 Å². The van der Waals surface area contributed by atoms with E-state index in [2.05, 4.69) is 411 Å². The molecule has 16 rings (SSSR count). The second-order valence-electron chi connectivity index (χ2n) is 34.5. The maximum absolute atomic E-state index is 6.23. The summed E-state index contributed by atoms with van der Waals surface area (Å²) >= 11 is 0. The summed E-state index contributed by atoms with van der Waals surface area (Å²) in [6.07, 6.45) is 8.41. The number of aliphatic imine (C=N–C) groups is 3. The van der Waals surface area contributed by atoms with Gasteiger partial charge in [-0.15, -0.1) is 71.3 Å². The van der Waals surface area contributed by atoms with E-state index in [1.807, 2.05) is 18.6 Å². The van der Waals surface area contributed by atoms with E-state index >= 15 is 0 Å². The van der Waals surface area contributed by atoms with Crippen LogP contribution in [0, 0.1) is 73.0 Å². The molecule has 0 radical (unpaired) electrons. The number of hydrogen-bond donors (Lipinski definition) is 0. The Bertz CT molecular complexity index is 5580. The third kappa shape index (κ3) is 17.7. The molecule has 0 aliphatic heterocycles. The SMILES string of the molecule is Cc1cc(-c2[c-]cc(N=C(C3CC(C(=Nc4c[c-]c(-c5cc(C)c(-c6ccccc6)cn5)cc4-c4ccccc4-c4ccccc4)C(C)(C)C)CC(C(=Nc4c[c-]c(-c5cc(C)c(-c6ccccc6)cn5)cc4-c4ccccc4-c4ccccc4)C(C)(C)C)C3)C(C)(C)C)c(-c3ccccc3-c3ccccc3)c2)ncc1-c1ccccc1.[Ir+3]. The molecule has 582 valence electrons. The van der Waals surface area contributed by atoms with Gasteiger partial charge in [-0.1, -0.05) is 352 Å². The average Bonchev–Trinajstić information content (AvgIpc) is 0.750. The average molecular weight is 1710 g/mol. The Balaban J connectivity index is 0.0000109. The molecule has 0 amide bonds. The van der Waals surface area contributed by atoms with Crippen LogP contribution in [0.4, 0.5) is 17.1 Å². The molecule has 1 saturated carbocycles. The second-order valence-corrected chi connectivity index (χ2v) is 34.5. The topological polar surface area (TPSA) is 75.8 Å². The molecule has 7 heteroatoms. The Labute approximate surface area is 712 Å². The first-order valence-corrected chi connectivity index (χ1v) is 41.1. The van der Waals surface area contributed by atoms with Gasteiger partial charge < -0.3 is 29.9 Å². The minimum Gasteiger partial charge on any atom is -0.305 e. The van der Waals surface area contributed by atoms with Crippen molar-refractivity contribution in [3.05, 3.63) is 363 Å². The molecule has 0 N–H and O–H groups in total. The van der Waals surface area contributed by atoms with Gasteiger partial charge in [-0.2, -0.15) is 0 Å². The Morgan fingerprint density at radius 2 is 0.466 bits per heavy atom. The van der Waals surface area contributed by atoms with Gasteiger partial charge >= 0.3 is 20.1 Å². The zero-order chi connectivity index (χ0) is 81.0. The molecule has 118 heavy (non-hydrogen) atoms. The fraction of sp³-hybridized carbons (Fsp3) is 0.189. The van der Waals surface area contributed by atoms with Gasteiger partial charge in [0.05, 0.1) is 0 Å². The summed E-state index contributed by atoms with van der Waals surface area (Å²) in [4.78, 5) is 34.3. The molecular formula is C111H99IrN6. The van der Waals surface area contributed by atoms with Crippen LogP contribution in [0.15, 0.2) is 343 Å². The van der Waals surface area contributed by atoms with Crippen molar-refractivity contribution in [3.63, 3.8) is 0 Å². The molecule has 0 unspecified atom stereocenters. The van der Waals surface area contributed by atoms with Crippen molar-refractivity contribution in [2.45, 2.75) is 102 Å². The smallest absolute Gasteiger partial charge is 0.305 e. The molecule has 0 saturated heterocycles. The molecule has 0 atom stereocenters. The molecule has 1 aliphatic carbocycles. The standard InChI is InChI=1S/C111H99N6.Ir/c1-73-61-103(112-70-97(73)79-43-25-16-26-44-79)82-55-58-100(94(67-82)91-52-34-31-49-88(91)76-37-19-13-20-38-76)115-106(109(4,5)6)85-64-86(107(110(7,8)9)116-101-59-56-83(104-62-74(2)98(71-113-104)80-45-27-17-28-46-80)68-95(101)92-53-35-32-50-89(92)77-39-21-14-22-40-77)66-87(65-85)108(111(10,11)12)117-102-60-57-84(105-63-75(3)99(72-114-105)81-47-29-18-30-48-81)69-96(102)93-54-36-33-51-90(93)78-41-23-15-24-42-78;/h13-54,58-63,67-72,85-87H,64-66H2,1-12H3;/q-3;+3. The fourth-order valence-corrected chi connectivity index (χ4v) is 17.4. The summed E-state index contributed by atoms with van der Waals surface area (Å²) in [6, 6.07) is 121. The van der Waals surface area contributed by atoms with Crippen molar-refractivity contribution in [2.24, 2.45) is 49.0 Å². The number of aryl methyl sites for hydroxylation is 3. The largest absolute Gasteiger partial charge is 3.00 e. The minimum atomic E-state index is -0.439. The monoisotopic (exact) mass is 1710 g/mol. The van der Waals surface area contributed by atoms with Crippen molar-refractivity contribution in [2.75, 3.05) is 0 Å². The van der Waals surface area contributed by atoms with Gasteiger partial charge in [-0.05, 0) is 192 Å². The maximum atomic E-state index is 6.23. The molecule has 0 bridgehead atoms. The van der Waals surface area contributed by atoms with Gasteiger partial charge in [-0.3, -0.25) is 0 Å². The van der Waals surface area contributed by atoms with Crippen molar-refractivity contribution in [1.29, 1.82) is 0 Å². The molecule has 15 aromatic rings. The second kappa shape index (κ2) is 34.9. The zero-order valence-corrected chi connectivity index (χ0v) is 71.9. The number of pyridine rings is 3. The first-order valence-electron chi connectivity index (χ1n) is 41.1. The summed E-state index contributed by atoms with van der Waals surface area (Å²) in [5.74, 6) is -0.205. The Kier molecular flexibility index (Phi) is 23.9. The van der Waals surface area contributed by atoms with Crippen molar-refractivity contribution in [3.8, 4) is 134 Å². The quantitative estimate of drug-likeness (QED) is 0.0634. The van der Waals surface area contributed by atoms with Crippen LogP contribution in [-0.2, 0) is 20.1 Å². The molecule has 3 aromatic heterocycles. The Morgan fingerprint density at radius 3 is 0.678 bits per heavy atom. The number of hydrogen-bond acceptors (Lipinski definition) is 6. The predicted octanol–water partition coefficient (Wildman–Crippen LogP) is 30.0. The van der Waals surface area contributed by atoms with E-state index in [0.29, 0.717) is 0 Å². The first-order chi connectivity index (χ1) is 56.6. The summed E-state index contributed by atoms with van der Waals surface area (Å²) in [7, 11) is 0. The maximum Gasteiger partial charge on any atom is 3.00 e. The van der Waals surface area contributed by atoms with Crippen LogP contribution in [-0.4, -0.2) is 32.1 Å². The van der Waals surface area contributed by atoms with E-state index in [0.717, 1.165) is 204 Å². The van der Waals surface area contributed by atoms with Crippen LogP contribution in [0.25, 0.3) is 134 Å². The van der Waals surface area contributed by atoms with E-state index in [9.17, 15) is 0 Å². The van der Waals surface area contributed by atoms with Gasteiger partial charge in [0, 0.05) is 52.4 Å². The van der Waals surface area contributed by atoms with E-state index in [4.69, 9.17) is 29.9 Å². The van der Waals surface area contributed by atoms with Gasteiger partial charge in [0.1, 0.15) is 0 Å². The molecular weight excluding hydrogens is 1610 g/mol. The van der Waals surface area contributed by atoms with Crippen LogP contribution >= 0.6 is 0 Å². The zero-order valence-electron chi connectivity index (χ0n) is 69.5. The Morgan fingerprint density at radius 1 is 0.263 bits per heavy atom. The number of rotatable bonds is 18. The first kappa shape index (κ1) is 80.9. The van der Waals surface area contributed by atoms with Gasteiger partial charge in [0.2, 0.25) is 0 Å². The van der Waals surface area contributed by atoms with Crippen molar-refractivity contribution in [1.82, 2.24) is 15.0 Å². The van der Waals surface area contributed by atoms with E-state index < -0.39 is 16.2 Å². The number of nitrogens with zero attached hydrogens (tertiary/aromatic N) is 6. The molecule has 1 aliphatic rings. The molecule has 6 nitrogen and oxygen atoms in total. The fourth-order valence-electron chi connectivity index (χ4n) is 17.4. The molecule has 1 fully saturated rings. The van der Waals surface area contributed by atoms with E-state index in [-0.39, 0.29) is 37.9 Å². The van der Waals surface area contributed by atoms with Crippen molar-refractivity contribution < 1.29 is 20.1 Å². The Hall–Kier alpha value is -12.3. The molecule has 0 spiro atoms. The summed E-state index contributed by atoms with van der Waals surface area (Å²) < 4.78 is 0. The summed E-state index contributed by atoms with van der Waals surface area (Å²) in [6.45, 7) is 27.8.